The summed E-state index contributed by atoms with van der Waals surface area (Å²) in [7, 11) is 2.88. The van der Waals surface area contributed by atoms with E-state index in [1.807, 2.05) is 0 Å². The van der Waals surface area contributed by atoms with E-state index < -0.39 is 11.8 Å². The van der Waals surface area contributed by atoms with Crippen molar-refractivity contribution in [3.8, 4) is 17.2 Å². The molecule has 0 aliphatic heterocycles. The molecular weight excluding hydrogens is 395 g/mol. The van der Waals surface area contributed by atoms with Crippen molar-refractivity contribution >= 4 is 28.0 Å². The Labute approximate surface area is 152 Å². The Kier molecular flexibility index (Phi) is 6.41. The van der Waals surface area contributed by atoms with Crippen molar-refractivity contribution in [1.82, 2.24) is 0 Å². The van der Waals surface area contributed by atoms with E-state index in [1.165, 1.54) is 44.6 Å². The molecule has 0 atom stereocenters. The third kappa shape index (κ3) is 4.96. The van der Waals surface area contributed by atoms with E-state index in [1.54, 1.807) is 12.1 Å². The molecule has 7 heteroatoms. The van der Waals surface area contributed by atoms with Gasteiger partial charge in [-0.25, -0.2) is 9.18 Å². The zero-order valence-corrected chi connectivity index (χ0v) is 15.2. The zero-order valence-electron chi connectivity index (χ0n) is 13.6. The van der Waals surface area contributed by atoms with Crippen LogP contribution in [-0.2, 0) is 16.1 Å². The summed E-state index contributed by atoms with van der Waals surface area (Å²) in [6, 6.07) is 7.17. The van der Waals surface area contributed by atoms with Gasteiger partial charge in [-0.1, -0.05) is 0 Å². The lowest BCUT2D eigenvalue weighted by molar-refractivity contribution is -0.138. The number of aromatic hydroxyl groups is 1. The van der Waals surface area contributed by atoms with Gasteiger partial charge in [-0.15, -0.1) is 0 Å². The molecule has 0 saturated carbocycles. The molecule has 2 aromatic rings. The number of carbonyl (C=O) groups excluding carboxylic acids is 1. The molecule has 2 rings (SSSR count). The Balaban J connectivity index is 2.04. The third-order valence-electron chi connectivity index (χ3n) is 3.29. The van der Waals surface area contributed by atoms with Crippen LogP contribution in [0, 0.1) is 5.82 Å². The summed E-state index contributed by atoms with van der Waals surface area (Å²) in [5.41, 5.74) is 1.06. The number of carbonyl (C=O) groups is 1. The highest BCUT2D eigenvalue weighted by Crippen LogP contribution is 2.35. The van der Waals surface area contributed by atoms with Gasteiger partial charge in [0.2, 0.25) is 0 Å². The molecular formula is C18H16BrFO5. The Morgan fingerprint density at radius 1 is 1.20 bits per heavy atom. The van der Waals surface area contributed by atoms with Gasteiger partial charge in [0, 0.05) is 11.6 Å². The molecule has 132 valence electrons. The smallest absolute Gasteiger partial charge is 0.331 e. The van der Waals surface area contributed by atoms with Crippen molar-refractivity contribution in [2.45, 2.75) is 6.61 Å². The minimum Gasteiger partial charge on any atom is -0.503 e. The zero-order chi connectivity index (χ0) is 18.4. The van der Waals surface area contributed by atoms with Crippen LogP contribution in [0.4, 0.5) is 4.39 Å². The van der Waals surface area contributed by atoms with Gasteiger partial charge in [-0.3, -0.25) is 0 Å². The van der Waals surface area contributed by atoms with Gasteiger partial charge in [-0.2, -0.15) is 0 Å². The average molecular weight is 411 g/mol. The summed E-state index contributed by atoms with van der Waals surface area (Å²) in [6.07, 6.45) is 2.74. The first-order valence-electron chi connectivity index (χ1n) is 7.18. The van der Waals surface area contributed by atoms with Crippen LogP contribution in [0.5, 0.6) is 17.2 Å². The molecule has 2 aromatic carbocycles. The summed E-state index contributed by atoms with van der Waals surface area (Å²) in [4.78, 5) is 11.8. The van der Waals surface area contributed by atoms with Crippen molar-refractivity contribution in [3.05, 3.63) is 57.8 Å². The van der Waals surface area contributed by atoms with Crippen LogP contribution in [0.1, 0.15) is 11.1 Å². The molecule has 0 spiro atoms. The third-order valence-corrected chi connectivity index (χ3v) is 3.90. The maximum atomic E-state index is 13.3. The number of rotatable bonds is 6. The van der Waals surface area contributed by atoms with Crippen LogP contribution < -0.4 is 9.47 Å². The highest BCUT2D eigenvalue weighted by molar-refractivity contribution is 9.10. The van der Waals surface area contributed by atoms with Crippen molar-refractivity contribution in [3.63, 3.8) is 0 Å². The van der Waals surface area contributed by atoms with Crippen LogP contribution in [-0.4, -0.2) is 25.3 Å². The first-order valence-corrected chi connectivity index (χ1v) is 7.97. The van der Waals surface area contributed by atoms with Crippen LogP contribution >= 0.6 is 15.9 Å². The van der Waals surface area contributed by atoms with Crippen LogP contribution in [0.25, 0.3) is 6.08 Å². The number of hydrogen-bond donors (Lipinski definition) is 1. The van der Waals surface area contributed by atoms with Gasteiger partial charge in [0.1, 0.15) is 18.2 Å². The van der Waals surface area contributed by atoms with Gasteiger partial charge in [0.05, 0.1) is 18.7 Å². The second-order valence-electron chi connectivity index (χ2n) is 4.95. The fourth-order valence-electron chi connectivity index (χ4n) is 2.07. The van der Waals surface area contributed by atoms with Crippen molar-refractivity contribution < 1.29 is 28.5 Å². The topological polar surface area (TPSA) is 65.0 Å². The molecule has 0 fully saturated rings. The quantitative estimate of drug-likeness (QED) is 0.574. The molecule has 0 heterocycles. The van der Waals surface area contributed by atoms with Crippen molar-refractivity contribution in [2.24, 2.45) is 0 Å². The summed E-state index contributed by atoms with van der Waals surface area (Å²) in [6.45, 7) is -0.118. The van der Waals surface area contributed by atoms with Gasteiger partial charge < -0.3 is 19.3 Å². The lowest BCUT2D eigenvalue weighted by Gasteiger charge is -2.08. The Morgan fingerprint density at radius 3 is 2.60 bits per heavy atom. The van der Waals surface area contributed by atoms with Gasteiger partial charge in [0.15, 0.2) is 11.5 Å². The summed E-state index contributed by atoms with van der Waals surface area (Å²) in [5, 5.41) is 9.75. The van der Waals surface area contributed by atoms with Crippen LogP contribution in [0.2, 0.25) is 0 Å². The number of phenols is 1. The molecule has 5 nitrogen and oxygen atoms in total. The normalized spacial score (nSPS) is 10.7. The Bertz CT molecular complexity index is 804. The highest BCUT2D eigenvalue weighted by Gasteiger charge is 2.09. The summed E-state index contributed by atoms with van der Waals surface area (Å²) in [5.74, 6) is -0.365. The largest absolute Gasteiger partial charge is 0.503 e. The van der Waals surface area contributed by atoms with Crippen LogP contribution in [0.3, 0.4) is 0 Å². The number of ether oxygens (including phenoxy) is 3. The van der Waals surface area contributed by atoms with Crippen LogP contribution in [0.15, 0.2) is 40.9 Å². The lowest BCUT2D eigenvalue weighted by Crippen LogP contribution is -2.02. The number of halogens is 2. The Morgan fingerprint density at radius 2 is 1.92 bits per heavy atom. The molecule has 0 aromatic heterocycles. The van der Waals surface area contributed by atoms with E-state index in [2.05, 4.69) is 15.9 Å². The van der Waals surface area contributed by atoms with E-state index in [9.17, 15) is 14.3 Å². The molecule has 0 saturated heterocycles. The first-order chi connectivity index (χ1) is 11.9. The van der Waals surface area contributed by atoms with Gasteiger partial charge in [-0.05, 0) is 57.9 Å². The molecule has 0 unspecified atom stereocenters. The summed E-state index contributed by atoms with van der Waals surface area (Å²) < 4.78 is 28.9. The van der Waals surface area contributed by atoms with E-state index in [0.29, 0.717) is 21.3 Å². The molecule has 0 radical (unpaired) electrons. The van der Waals surface area contributed by atoms with Gasteiger partial charge in [0.25, 0.3) is 0 Å². The number of benzene rings is 2. The standard InChI is InChI=1S/C18H16BrFO5/c1-23-15-5-4-13(20)9-12(15)10-25-17(21)6-3-11-7-14(19)18(22)16(8-11)24-2/h3-9,22H,10H2,1-2H3/b6-3+. The lowest BCUT2D eigenvalue weighted by atomic mass is 10.2. The fourth-order valence-corrected chi connectivity index (χ4v) is 2.53. The number of phenolic OH excluding ortho intramolecular Hbond substituents is 1. The fraction of sp³-hybridized carbons (Fsp3) is 0.167. The maximum absolute atomic E-state index is 13.3. The molecule has 0 amide bonds. The molecule has 25 heavy (non-hydrogen) atoms. The molecule has 0 bridgehead atoms. The van der Waals surface area contributed by atoms with Gasteiger partial charge >= 0.3 is 5.97 Å². The van der Waals surface area contributed by atoms with E-state index in [4.69, 9.17) is 14.2 Å². The Hall–Kier alpha value is -2.54. The van der Waals surface area contributed by atoms with E-state index >= 15 is 0 Å². The second-order valence-corrected chi connectivity index (χ2v) is 5.81. The molecule has 0 aliphatic rings. The number of hydrogen-bond acceptors (Lipinski definition) is 5. The van der Waals surface area contributed by atoms with Crippen molar-refractivity contribution in [1.29, 1.82) is 0 Å². The predicted octanol–water partition coefficient (Wildman–Crippen LogP) is 4.07. The first kappa shape index (κ1) is 18.8. The van der Waals surface area contributed by atoms with Crippen molar-refractivity contribution in [2.75, 3.05) is 14.2 Å². The summed E-state index contributed by atoms with van der Waals surface area (Å²) >= 11 is 3.20. The SMILES string of the molecule is COc1ccc(F)cc1COC(=O)/C=C/c1cc(Br)c(O)c(OC)c1. The number of esters is 1. The van der Waals surface area contributed by atoms with E-state index in [-0.39, 0.29) is 18.1 Å². The average Bonchev–Trinajstić information content (AvgIpc) is 2.60. The molecule has 1 N–H and O–H groups in total. The minimum absolute atomic E-state index is 0.0274. The maximum Gasteiger partial charge on any atom is 0.331 e. The highest BCUT2D eigenvalue weighted by atomic mass is 79.9. The minimum atomic E-state index is -0.602. The number of methoxy groups -OCH3 is 2. The second kappa shape index (κ2) is 8.53. The monoisotopic (exact) mass is 410 g/mol. The predicted molar refractivity (Wildman–Crippen MR) is 94.1 cm³/mol. The van der Waals surface area contributed by atoms with E-state index in [0.717, 1.165) is 0 Å². The molecule has 0 aliphatic carbocycles.